The van der Waals surface area contributed by atoms with Gasteiger partial charge in [-0.25, -0.2) is 13.1 Å². The fourth-order valence-corrected chi connectivity index (χ4v) is 2.73. The number of benzene rings is 1. The number of nitrogens with zero attached hydrogens (tertiary/aromatic N) is 1. The van der Waals surface area contributed by atoms with E-state index in [0.29, 0.717) is 18.7 Å². The van der Waals surface area contributed by atoms with Gasteiger partial charge in [0.1, 0.15) is 0 Å². The first-order chi connectivity index (χ1) is 9.44. The van der Waals surface area contributed by atoms with Gasteiger partial charge in [-0.05, 0) is 18.5 Å². The minimum absolute atomic E-state index is 0. The molecule has 0 aliphatic carbocycles. The highest BCUT2D eigenvalue weighted by molar-refractivity contribution is 7.88. The highest BCUT2D eigenvalue weighted by Gasteiger charge is 2.12. The van der Waals surface area contributed by atoms with Crippen molar-refractivity contribution in [2.45, 2.75) is 19.1 Å². The summed E-state index contributed by atoms with van der Waals surface area (Å²) in [4.78, 5) is 9.98. The van der Waals surface area contributed by atoms with Crippen LogP contribution in [-0.2, 0) is 15.8 Å². The fraction of sp³-hybridized carbons (Fsp3) is 0.500. The van der Waals surface area contributed by atoms with Gasteiger partial charge in [-0.1, -0.05) is 19.1 Å². The molecule has 0 radical (unpaired) electrons. The lowest BCUT2D eigenvalue weighted by molar-refractivity contribution is -0.384. The monoisotopic (exact) mass is 337 g/mol. The first-order valence-corrected chi connectivity index (χ1v) is 8.01. The van der Waals surface area contributed by atoms with E-state index in [0.717, 1.165) is 13.0 Å². The Balaban J connectivity index is 0.00000400. The topological polar surface area (TPSA) is 101 Å². The Hall–Kier alpha value is -1.22. The maximum Gasteiger partial charge on any atom is 0.269 e. The third-order valence-electron chi connectivity index (χ3n) is 2.55. The normalized spacial score (nSPS) is 10.9. The predicted octanol–water partition coefficient (Wildman–Crippen LogP) is 1.44. The largest absolute Gasteiger partial charge is 0.315 e. The lowest BCUT2D eigenvalue weighted by Crippen LogP contribution is -2.32. The van der Waals surface area contributed by atoms with Crippen LogP contribution in [0.15, 0.2) is 24.3 Å². The first kappa shape index (κ1) is 19.8. The van der Waals surface area contributed by atoms with E-state index in [1.165, 1.54) is 24.3 Å². The van der Waals surface area contributed by atoms with Crippen LogP contribution >= 0.6 is 12.4 Å². The summed E-state index contributed by atoms with van der Waals surface area (Å²) in [5.74, 6) is -0.182. The molecule has 0 aromatic heterocycles. The summed E-state index contributed by atoms with van der Waals surface area (Å²) >= 11 is 0. The van der Waals surface area contributed by atoms with E-state index in [-0.39, 0.29) is 23.8 Å². The number of halogens is 1. The van der Waals surface area contributed by atoms with E-state index in [1.807, 2.05) is 6.92 Å². The minimum atomic E-state index is -3.41. The van der Waals surface area contributed by atoms with Crippen molar-refractivity contribution in [3.05, 3.63) is 39.9 Å². The number of nitrogens with one attached hydrogen (secondary N) is 2. The van der Waals surface area contributed by atoms with Crippen LogP contribution in [0, 0.1) is 10.1 Å². The number of hydrogen-bond acceptors (Lipinski definition) is 5. The van der Waals surface area contributed by atoms with Gasteiger partial charge < -0.3 is 5.32 Å². The molecular weight excluding hydrogens is 318 g/mol. The van der Waals surface area contributed by atoms with Crippen molar-refractivity contribution in [1.82, 2.24) is 10.0 Å². The van der Waals surface area contributed by atoms with Gasteiger partial charge >= 0.3 is 0 Å². The van der Waals surface area contributed by atoms with Crippen LogP contribution in [0.25, 0.3) is 0 Å². The summed E-state index contributed by atoms with van der Waals surface area (Å²) in [5.41, 5.74) is 0.465. The lowest BCUT2D eigenvalue weighted by atomic mass is 10.2. The Labute approximate surface area is 130 Å². The summed E-state index contributed by atoms with van der Waals surface area (Å²) in [7, 11) is -3.41. The molecule has 0 heterocycles. The van der Waals surface area contributed by atoms with Crippen LogP contribution in [0.2, 0.25) is 0 Å². The molecule has 0 amide bonds. The average molecular weight is 338 g/mol. The van der Waals surface area contributed by atoms with Gasteiger partial charge in [0.05, 0.1) is 10.7 Å². The molecule has 0 atom stereocenters. The fourth-order valence-electron chi connectivity index (χ4n) is 1.58. The molecule has 1 rings (SSSR count). The van der Waals surface area contributed by atoms with Crippen molar-refractivity contribution in [3.8, 4) is 0 Å². The molecule has 7 nitrogen and oxygen atoms in total. The third kappa shape index (κ3) is 7.96. The molecule has 9 heteroatoms. The number of rotatable bonds is 9. The standard InChI is InChI=1S/C12H19N3O4S.ClH/c1-2-7-13-8-9-14-20(18,19)10-11-3-5-12(6-4-11)15(16)17;/h3-6,13-14H,2,7-10H2,1H3;1H. The summed E-state index contributed by atoms with van der Waals surface area (Å²) in [5, 5.41) is 13.6. The summed E-state index contributed by atoms with van der Waals surface area (Å²) in [6, 6.07) is 5.50. The van der Waals surface area contributed by atoms with Crippen molar-refractivity contribution < 1.29 is 13.3 Å². The summed E-state index contributed by atoms with van der Waals surface area (Å²) < 4.78 is 26.0. The van der Waals surface area contributed by atoms with Crippen molar-refractivity contribution in [2.24, 2.45) is 0 Å². The Bertz CT molecular complexity index is 534. The molecule has 0 saturated heterocycles. The molecule has 1 aromatic carbocycles. The second kappa shape index (κ2) is 9.67. The van der Waals surface area contributed by atoms with Crippen LogP contribution in [0.4, 0.5) is 5.69 Å². The second-order valence-electron chi connectivity index (χ2n) is 4.33. The van der Waals surface area contributed by atoms with Gasteiger partial charge in [0.15, 0.2) is 0 Å². The molecule has 0 aliphatic rings. The van der Waals surface area contributed by atoms with Crippen molar-refractivity contribution >= 4 is 28.1 Å². The molecular formula is C12H20ClN3O4S. The zero-order valence-electron chi connectivity index (χ0n) is 11.7. The molecule has 0 aliphatic heterocycles. The molecule has 0 saturated carbocycles. The SMILES string of the molecule is CCCNCCNS(=O)(=O)Cc1ccc([N+](=O)[O-])cc1.Cl. The average Bonchev–Trinajstić information content (AvgIpc) is 2.38. The van der Waals surface area contributed by atoms with E-state index in [4.69, 9.17) is 0 Å². The lowest BCUT2D eigenvalue weighted by Gasteiger charge is -2.07. The van der Waals surface area contributed by atoms with Crippen LogP contribution in [0.3, 0.4) is 0 Å². The molecule has 120 valence electrons. The van der Waals surface area contributed by atoms with Crippen molar-refractivity contribution in [3.63, 3.8) is 0 Å². The van der Waals surface area contributed by atoms with Gasteiger partial charge in [-0.3, -0.25) is 10.1 Å². The Morgan fingerprint density at radius 1 is 1.14 bits per heavy atom. The van der Waals surface area contributed by atoms with Gasteiger partial charge in [0.2, 0.25) is 10.0 Å². The van der Waals surface area contributed by atoms with E-state index < -0.39 is 14.9 Å². The molecule has 0 bridgehead atoms. The summed E-state index contributed by atoms with van der Waals surface area (Å²) in [6.07, 6.45) is 0.996. The van der Waals surface area contributed by atoms with Crippen LogP contribution in [-0.4, -0.2) is 33.0 Å². The molecule has 0 unspecified atom stereocenters. The number of nitro benzene ring substituents is 1. The van der Waals surface area contributed by atoms with Crippen molar-refractivity contribution in [2.75, 3.05) is 19.6 Å². The van der Waals surface area contributed by atoms with Gasteiger partial charge in [0.25, 0.3) is 5.69 Å². The number of non-ortho nitro benzene ring substituents is 1. The van der Waals surface area contributed by atoms with Gasteiger partial charge in [0, 0.05) is 25.2 Å². The van der Waals surface area contributed by atoms with Crippen LogP contribution < -0.4 is 10.0 Å². The third-order valence-corrected chi connectivity index (χ3v) is 3.91. The van der Waals surface area contributed by atoms with Gasteiger partial charge in [-0.15, -0.1) is 12.4 Å². The Morgan fingerprint density at radius 3 is 2.29 bits per heavy atom. The zero-order chi connectivity index (χ0) is 15.0. The Morgan fingerprint density at radius 2 is 1.76 bits per heavy atom. The first-order valence-electron chi connectivity index (χ1n) is 6.36. The van der Waals surface area contributed by atoms with E-state index in [2.05, 4.69) is 10.0 Å². The Kier molecular flexibility index (Phi) is 9.11. The highest BCUT2D eigenvalue weighted by Crippen LogP contribution is 2.13. The van der Waals surface area contributed by atoms with E-state index in [9.17, 15) is 18.5 Å². The molecule has 2 N–H and O–H groups in total. The minimum Gasteiger partial charge on any atom is -0.315 e. The number of hydrogen-bond donors (Lipinski definition) is 2. The molecule has 21 heavy (non-hydrogen) atoms. The maximum absolute atomic E-state index is 11.8. The number of sulfonamides is 1. The van der Waals surface area contributed by atoms with Crippen LogP contribution in [0.5, 0.6) is 0 Å². The highest BCUT2D eigenvalue weighted by atomic mass is 35.5. The summed E-state index contributed by atoms with van der Waals surface area (Å²) in [6.45, 7) is 3.79. The van der Waals surface area contributed by atoms with Crippen molar-refractivity contribution in [1.29, 1.82) is 0 Å². The van der Waals surface area contributed by atoms with E-state index >= 15 is 0 Å². The van der Waals surface area contributed by atoms with Crippen LogP contribution in [0.1, 0.15) is 18.9 Å². The number of nitro groups is 1. The molecule has 0 fully saturated rings. The molecule has 0 spiro atoms. The maximum atomic E-state index is 11.8. The zero-order valence-corrected chi connectivity index (χ0v) is 13.4. The second-order valence-corrected chi connectivity index (χ2v) is 6.13. The smallest absolute Gasteiger partial charge is 0.269 e. The predicted molar refractivity (Wildman–Crippen MR) is 84.1 cm³/mol. The van der Waals surface area contributed by atoms with Gasteiger partial charge in [-0.2, -0.15) is 0 Å². The molecule has 1 aromatic rings. The van der Waals surface area contributed by atoms with E-state index in [1.54, 1.807) is 0 Å². The quantitative estimate of drug-likeness (QED) is 0.403.